The van der Waals surface area contributed by atoms with Crippen molar-refractivity contribution < 1.29 is 13.2 Å². The molecule has 1 aliphatic heterocycles. The monoisotopic (exact) mass is 298 g/mol. The molecule has 0 aliphatic carbocycles. The molecule has 1 unspecified atom stereocenters. The highest BCUT2D eigenvalue weighted by Crippen LogP contribution is 2.12. The molecule has 1 aromatic rings. The van der Waals surface area contributed by atoms with Gasteiger partial charge in [-0.2, -0.15) is 0 Å². The molecular formula is C14H22N2O3S. The van der Waals surface area contributed by atoms with Crippen molar-refractivity contribution in [2.24, 2.45) is 0 Å². The van der Waals surface area contributed by atoms with Crippen molar-refractivity contribution in [2.45, 2.75) is 31.8 Å². The molecule has 0 saturated carbocycles. The van der Waals surface area contributed by atoms with Gasteiger partial charge in [0.25, 0.3) is 0 Å². The van der Waals surface area contributed by atoms with Gasteiger partial charge in [0.2, 0.25) is 10.0 Å². The Hall–Kier alpha value is -1.11. The number of ether oxygens (including phenoxy) is 1. The molecule has 112 valence electrons. The smallest absolute Gasteiger partial charge is 0.211 e. The van der Waals surface area contributed by atoms with Crippen molar-refractivity contribution >= 4 is 10.0 Å². The highest BCUT2D eigenvalue weighted by Gasteiger charge is 2.18. The normalized spacial score (nSPS) is 19.1. The van der Waals surface area contributed by atoms with Crippen LogP contribution in [-0.4, -0.2) is 33.9 Å². The number of sulfonamides is 1. The van der Waals surface area contributed by atoms with E-state index in [1.165, 1.54) is 0 Å². The standard InChI is InChI=1S/C14H22N2O3S/c1-19-14-6-4-12(5-7-14)11-16-20(17,18)10-8-13-3-2-9-15-13/h4-7,13,15-16H,2-3,8-11H2,1H3. The third-order valence-electron chi connectivity index (χ3n) is 3.55. The molecule has 5 nitrogen and oxygen atoms in total. The molecule has 0 amide bonds. The van der Waals surface area contributed by atoms with Crippen LogP contribution >= 0.6 is 0 Å². The Morgan fingerprint density at radius 1 is 1.35 bits per heavy atom. The summed E-state index contributed by atoms with van der Waals surface area (Å²) in [5.41, 5.74) is 0.924. The van der Waals surface area contributed by atoms with Crippen LogP contribution in [0.2, 0.25) is 0 Å². The average molecular weight is 298 g/mol. The quantitative estimate of drug-likeness (QED) is 0.795. The summed E-state index contributed by atoms with van der Waals surface area (Å²) >= 11 is 0. The highest BCUT2D eigenvalue weighted by molar-refractivity contribution is 7.89. The van der Waals surface area contributed by atoms with E-state index in [4.69, 9.17) is 4.74 Å². The van der Waals surface area contributed by atoms with Gasteiger partial charge in [0.05, 0.1) is 12.9 Å². The third kappa shape index (κ3) is 4.77. The fraction of sp³-hybridized carbons (Fsp3) is 0.571. The molecule has 1 heterocycles. The number of rotatable bonds is 7. The van der Waals surface area contributed by atoms with Crippen LogP contribution in [0.5, 0.6) is 5.75 Å². The van der Waals surface area contributed by atoms with Gasteiger partial charge >= 0.3 is 0 Å². The lowest BCUT2D eigenvalue weighted by atomic mass is 10.2. The van der Waals surface area contributed by atoms with Gasteiger partial charge in [-0.3, -0.25) is 0 Å². The molecule has 20 heavy (non-hydrogen) atoms. The lowest BCUT2D eigenvalue weighted by molar-refractivity contribution is 0.414. The van der Waals surface area contributed by atoms with Crippen molar-refractivity contribution in [3.63, 3.8) is 0 Å². The van der Waals surface area contributed by atoms with Crippen molar-refractivity contribution in [3.8, 4) is 5.75 Å². The minimum Gasteiger partial charge on any atom is -0.497 e. The fourth-order valence-corrected chi connectivity index (χ4v) is 3.44. The zero-order chi connectivity index (χ0) is 14.4. The van der Waals surface area contributed by atoms with Gasteiger partial charge in [0.1, 0.15) is 5.75 Å². The average Bonchev–Trinajstić information content (AvgIpc) is 2.97. The van der Waals surface area contributed by atoms with E-state index in [1.807, 2.05) is 24.3 Å². The topological polar surface area (TPSA) is 67.4 Å². The minimum absolute atomic E-state index is 0.181. The van der Waals surface area contributed by atoms with Crippen LogP contribution in [-0.2, 0) is 16.6 Å². The summed E-state index contributed by atoms with van der Waals surface area (Å²) in [6, 6.07) is 7.73. The largest absolute Gasteiger partial charge is 0.497 e. The maximum atomic E-state index is 11.9. The predicted octanol–water partition coefficient (Wildman–Crippen LogP) is 1.26. The first-order valence-corrected chi connectivity index (χ1v) is 8.58. The molecule has 1 atom stereocenters. The first-order chi connectivity index (χ1) is 9.59. The van der Waals surface area contributed by atoms with Crippen molar-refractivity contribution in [3.05, 3.63) is 29.8 Å². The van der Waals surface area contributed by atoms with Crippen molar-refractivity contribution in [1.29, 1.82) is 0 Å². The first-order valence-electron chi connectivity index (χ1n) is 6.93. The van der Waals surface area contributed by atoms with Crippen LogP contribution < -0.4 is 14.8 Å². The summed E-state index contributed by atoms with van der Waals surface area (Å²) < 4.78 is 31.5. The van der Waals surface area contributed by atoms with E-state index in [-0.39, 0.29) is 5.75 Å². The Morgan fingerprint density at radius 3 is 2.70 bits per heavy atom. The SMILES string of the molecule is COc1ccc(CNS(=O)(=O)CCC2CCCN2)cc1. The van der Waals surface area contributed by atoms with Crippen LogP contribution in [0.3, 0.4) is 0 Å². The first kappa shape index (κ1) is 15.3. The van der Waals surface area contributed by atoms with Crippen LogP contribution in [0.4, 0.5) is 0 Å². The Balaban J connectivity index is 1.78. The number of methoxy groups -OCH3 is 1. The Labute approximate surface area is 120 Å². The second-order valence-corrected chi connectivity index (χ2v) is 7.00. The van der Waals surface area contributed by atoms with Crippen LogP contribution in [0.1, 0.15) is 24.8 Å². The van der Waals surface area contributed by atoms with E-state index in [2.05, 4.69) is 10.0 Å². The van der Waals surface area contributed by atoms with Crippen molar-refractivity contribution in [2.75, 3.05) is 19.4 Å². The number of hydrogen-bond acceptors (Lipinski definition) is 4. The van der Waals surface area contributed by atoms with Gasteiger partial charge < -0.3 is 10.1 Å². The summed E-state index contributed by atoms with van der Waals surface area (Å²) in [5, 5.41) is 3.31. The zero-order valence-corrected chi connectivity index (χ0v) is 12.6. The van der Waals surface area contributed by atoms with Crippen molar-refractivity contribution in [1.82, 2.24) is 10.0 Å². The van der Waals surface area contributed by atoms with Gasteiger partial charge in [0.15, 0.2) is 0 Å². The van der Waals surface area contributed by atoms with E-state index in [0.29, 0.717) is 19.0 Å². The minimum atomic E-state index is -3.20. The summed E-state index contributed by atoms with van der Waals surface area (Å²) in [4.78, 5) is 0. The highest BCUT2D eigenvalue weighted by atomic mass is 32.2. The maximum absolute atomic E-state index is 11.9. The summed E-state index contributed by atoms with van der Waals surface area (Å²) in [6.07, 6.45) is 2.90. The second kappa shape index (κ2) is 7.06. The van der Waals surface area contributed by atoms with Crippen LogP contribution in [0, 0.1) is 0 Å². The fourth-order valence-electron chi connectivity index (χ4n) is 2.31. The number of nitrogens with one attached hydrogen (secondary N) is 2. The summed E-state index contributed by atoms with van der Waals surface area (Å²) in [6.45, 7) is 1.33. The molecular weight excluding hydrogens is 276 g/mol. The number of benzene rings is 1. The van der Waals surface area contributed by atoms with Crippen LogP contribution in [0.25, 0.3) is 0 Å². The van der Waals surface area contributed by atoms with Gasteiger partial charge in [-0.25, -0.2) is 13.1 Å². The lowest BCUT2D eigenvalue weighted by Crippen LogP contribution is -2.30. The van der Waals surface area contributed by atoms with E-state index >= 15 is 0 Å². The maximum Gasteiger partial charge on any atom is 0.211 e. The predicted molar refractivity (Wildman–Crippen MR) is 79.3 cm³/mol. The Bertz CT molecular complexity index is 508. The van der Waals surface area contributed by atoms with Crippen LogP contribution in [0.15, 0.2) is 24.3 Å². The molecule has 1 saturated heterocycles. The van der Waals surface area contributed by atoms with E-state index < -0.39 is 10.0 Å². The zero-order valence-electron chi connectivity index (χ0n) is 11.8. The molecule has 0 spiro atoms. The molecule has 6 heteroatoms. The van der Waals surface area contributed by atoms with Gasteiger partial charge in [-0.15, -0.1) is 0 Å². The molecule has 1 fully saturated rings. The molecule has 0 radical (unpaired) electrons. The molecule has 0 bridgehead atoms. The molecule has 1 aromatic carbocycles. The molecule has 2 rings (SSSR count). The summed E-state index contributed by atoms with van der Waals surface area (Å²) in [7, 11) is -1.60. The summed E-state index contributed by atoms with van der Waals surface area (Å²) in [5.74, 6) is 0.949. The lowest BCUT2D eigenvalue weighted by Gasteiger charge is -2.11. The molecule has 1 aliphatic rings. The Morgan fingerprint density at radius 2 is 2.10 bits per heavy atom. The van der Waals surface area contributed by atoms with E-state index in [9.17, 15) is 8.42 Å². The Kier molecular flexibility index (Phi) is 5.39. The van der Waals surface area contributed by atoms with Gasteiger partial charge in [0, 0.05) is 12.6 Å². The molecule has 0 aromatic heterocycles. The van der Waals surface area contributed by atoms with E-state index in [1.54, 1.807) is 7.11 Å². The number of hydrogen-bond donors (Lipinski definition) is 2. The second-order valence-electron chi connectivity index (χ2n) is 5.07. The van der Waals surface area contributed by atoms with Gasteiger partial charge in [-0.05, 0) is 43.5 Å². The van der Waals surface area contributed by atoms with E-state index in [0.717, 1.165) is 30.7 Å². The van der Waals surface area contributed by atoms with Gasteiger partial charge in [-0.1, -0.05) is 12.1 Å². The third-order valence-corrected chi connectivity index (χ3v) is 4.91. The molecule has 2 N–H and O–H groups in total.